The molecule has 0 bridgehead atoms. The molecule has 0 spiro atoms. The summed E-state index contributed by atoms with van der Waals surface area (Å²) in [6.45, 7) is 2.24. The summed E-state index contributed by atoms with van der Waals surface area (Å²) < 4.78 is 0. The van der Waals surface area contributed by atoms with Crippen molar-refractivity contribution in [2.45, 2.75) is 6.92 Å². The maximum absolute atomic E-state index is 11.2. The van der Waals surface area contributed by atoms with Gasteiger partial charge in [0.05, 0.1) is 6.54 Å². The largest absolute Gasteiger partial charge is 2.00 e. The quantitative estimate of drug-likeness (QED) is 0.597. The molecule has 1 aliphatic heterocycles. The van der Waals surface area contributed by atoms with Crippen molar-refractivity contribution in [3.63, 3.8) is 0 Å². The number of carbonyl (C=O) groups is 1. The topological polar surface area (TPSA) is 23.6 Å². The van der Waals surface area contributed by atoms with E-state index in [-0.39, 0.29) is 23.0 Å². The predicted molar refractivity (Wildman–Crippen MR) is 73.1 cm³/mol. The van der Waals surface area contributed by atoms with Crippen molar-refractivity contribution < 1.29 is 21.9 Å². The maximum atomic E-state index is 11.2. The van der Waals surface area contributed by atoms with Crippen LogP contribution in [0.15, 0.2) is 66.9 Å². The first kappa shape index (κ1) is 15.3. The van der Waals surface area contributed by atoms with Gasteiger partial charge < -0.3 is 5.01 Å². The van der Waals surface area contributed by atoms with E-state index in [4.69, 9.17) is 0 Å². The minimum atomic E-state index is 0. The third kappa shape index (κ3) is 4.12. The fraction of sp³-hybridized carbons (Fsp3) is 0.133. The average Bonchev–Trinajstić information content (AvgIpc) is 3.14. The molecule has 1 aliphatic rings. The van der Waals surface area contributed by atoms with E-state index in [1.165, 1.54) is 0 Å². The molecule has 100 valence electrons. The molecule has 19 heavy (non-hydrogen) atoms. The van der Waals surface area contributed by atoms with Crippen molar-refractivity contribution in [3.05, 3.63) is 66.9 Å². The number of hydrogen-bond acceptors (Lipinski definition) is 2. The van der Waals surface area contributed by atoms with Crippen LogP contribution in [-0.4, -0.2) is 17.5 Å². The Morgan fingerprint density at radius 3 is 2.26 bits per heavy atom. The van der Waals surface area contributed by atoms with E-state index in [2.05, 4.69) is 0 Å². The van der Waals surface area contributed by atoms with Gasteiger partial charge in [-0.3, -0.25) is 9.80 Å². The summed E-state index contributed by atoms with van der Waals surface area (Å²) in [4.78, 5) is 11.2. The molecule has 0 atom stereocenters. The summed E-state index contributed by atoms with van der Waals surface area (Å²) in [6.07, 6.45) is 3.88. The number of hydrogen-bond donors (Lipinski definition) is 0. The fourth-order valence-electron chi connectivity index (χ4n) is 1.76. The molecule has 4 heteroatoms. The van der Waals surface area contributed by atoms with Crippen molar-refractivity contribution in [2.24, 2.45) is 0 Å². The zero-order valence-electron chi connectivity index (χ0n) is 10.7. The summed E-state index contributed by atoms with van der Waals surface area (Å²) in [5, 5.41) is 3.55. The zero-order valence-corrected chi connectivity index (χ0v) is 11.8. The molecule has 0 fully saturated rings. The molecule has 0 saturated heterocycles. The molecule has 0 radical (unpaired) electrons. The van der Waals surface area contributed by atoms with E-state index in [0.29, 0.717) is 6.54 Å². The van der Waals surface area contributed by atoms with E-state index < -0.39 is 0 Å². The fourth-order valence-corrected chi connectivity index (χ4v) is 1.76. The molecule has 1 heterocycles. The minimum Gasteiger partial charge on any atom is -0.337 e. The van der Waals surface area contributed by atoms with Crippen molar-refractivity contribution in [3.8, 4) is 0 Å². The smallest absolute Gasteiger partial charge is 0.337 e. The predicted octanol–water partition coefficient (Wildman–Crippen LogP) is 2.91. The Balaban J connectivity index is 0.000000256. The van der Waals surface area contributed by atoms with Crippen molar-refractivity contribution in [2.75, 3.05) is 11.6 Å². The molecule has 3 nitrogen and oxygen atoms in total. The molecule has 2 aromatic carbocycles. The van der Waals surface area contributed by atoms with Crippen LogP contribution < -0.4 is 5.01 Å². The van der Waals surface area contributed by atoms with Gasteiger partial charge in [-0.2, -0.15) is 30.3 Å². The number of anilines is 1. The van der Waals surface area contributed by atoms with Crippen LogP contribution in [0.25, 0.3) is 0 Å². The van der Waals surface area contributed by atoms with Gasteiger partial charge in [0.15, 0.2) is 0 Å². The van der Waals surface area contributed by atoms with Crippen LogP contribution in [-0.2, 0) is 21.9 Å². The molecule has 0 aliphatic carbocycles. The molecule has 0 unspecified atom stereocenters. The molecule has 0 aromatic heterocycles. The van der Waals surface area contributed by atoms with Gasteiger partial charge in [0.1, 0.15) is 0 Å². The molecular formula is C15H16FeN2O. The minimum absolute atomic E-state index is 0. The van der Waals surface area contributed by atoms with E-state index in [1.54, 1.807) is 11.9 Å². The van der Waals surface area contributed by atoms with Crippen LogP contribution in [0.2, 0.25) is 0 Å². The second-order valence-corrected chi connectivity index (χ2v) is 3.94. The SMILES string of the molecule is CC(=O)N1CC=CN1[c-]1cccc1.[Fe+2].c1cc[cH-]c1. The van der Waals surface area contributed by atoms with Crippen molar-refractivity contribution >= 4 is 11.6 Å². The first-order valence-electron chi connectivity index (χ1n) is 5.91. The van der Waals surface area contributed by atoms with E-state index in [9.17, 15) is 4.79 Å². The Morgan fingerprint density at radius 2 is 1.79 bits per heavy atom. The van der Waals surface area contributed by atoms with Crippen LogP contribution in [0, 0.1) is 0 Å². The van der Waals surface area contributed by atoms with Crippen molar-refractivity contribution in [1.29, 1.82) is 0 Å². The average molecular weight is 296 g/mol. The number of nitrogens with zero attached hydrogens (tertiary/aromatic N) is 2. The second kappa shape index (κ2) is 7.62. The molecule has 0 N–H and O–H groups in total. The van der Waals surface area contributed by atoms with E-state index >= 15 is 0 Å². The van der Waals surface area contributed by atoms with Gasteiger partial charge in [-0.25, -0.2) is 12.1 Å². The molecule has 3 rings (SSSR count). The van der Waals surface area contributed by atoms with Gasteiger partial charge >= 0.3 is 17.1 Å². The van der Waals surface area contributed by atoms with Gasteiger partial charge in [-0.1, -0.05) is 6.08 Å². The molecule has 0 saturated carbocycles. The first-order chi connectivity index (χ1) is 8.79. The number of rotatable bonds is 1. The van der Waals surface area contributed by atoms with Crippen LogP contribution >= 0.6 is 0 Å². The monoisotopic (exact) mass is 296 g/mol. The van der Waals surface area contributed by atoms with E-state index in [1.807, 2.05) is 71.9 Å². The van der Waals surface area contributed by atoms with Gasteiger partial charge in [-0.05, 0) is 11.9 Å². The van der Waals surface area contributed by atoms with E-state index in [0.717, 1.165) is 5.69 Å². The Labute approximate surface area is 124 Å². The maximum Gasteiger partial charge on any atom is 2.00 e. The van der Waals surface area contributed by atoms with Gasteiger partial charge in [0.25, 0.3) is 0 Å². The summed E-state index contributed by atoms with van der Waals surface area (Å²) in [6, 6.07) is 17.9. The van der Waals surface area contributed by atoms with Gasteiger partial charge in [-0.15, -0.1) is 12.1 Å². The summed E-state index contributed by atoms with van der Waals surface area (Å²) in [5.74, 6) is 0.0613. The Morgan fingerprint density at radius 1 is 1.16 bits per heavy atom. The number of amides is 1. The van der Waals surface area contributed by atoms with Crippen LogP contribution in [0.3, 0.4) is 0 Å². The summed E-state index contributed by atoms with van der Waals surface area (Å²) in [7, 11) is 0. The van der Waals surface area contributed by atoms with Gasteiger partial charge in [0, 0.05) is 6.92 Å². The number of carbonyl (C=O) groups excluding carboxylic acids is 1. The molecule has 2 aromatic rings. The first-order valence-corrected chi connectivity index (χ1v) is 5.91. The molecule has 1 amide bonds. The van der Waals surface area contributed by atoms with Crippen LogP contribution in [0.5, 0.6) is 0 Å². The standard InChI is InChI=1S/C10H11N2O.C5H5.Fe/c1-9(13)11-7-4-8-12(11)10-5-2-3-6-10;1-2-4-5-3-1;/h2-6,8H,7H2,1H3;1-5H;/q2*-1;+2. The molecular weight excluding hydrogens is 280 g/mol. The van der Waals surface area contributed by atoms with Crippen LogP contribution in [0.4, 0.5) is 5.69 Å². The Kier molecular flexibility index (Phi) is 6.13. The van der Waals surface area contributed by atoms with Crippen LogP contribution in [0.1, 0.15) is 6.92 Å². The third-order valence-electron chi connectivity index (χ3n) is 2.61. The second-order valence-electron chi connectivity index (χ2n) is 3.94. The Bertz CT molecular complexity index is 471. The zero-order chi connectivity index (χ0) is 12.8. The summed E-state index contributed by atoms with van der Waals surface area (Å²) >= 11 is 0. The normalized spacial score (nSPS) is 12.7. The number of hydrazine groups is 1. The third-order valence-corrected chi connectivity index (χ3v) is 2.61. The van der Waals surface area contributed by atoms with Gasteiger partial charge in [0.2, 0.25) is 5.91 Å². The summed E-state index contributed by atoms with van der Waals surface area (Å²) in [5.41, 5.74) is 1.03. The van der Waals surface area contributed by atoms with Crippen molar-refractivity contribution in [1.82, 2.24) is 5.01 Å². The Hall–Kier alpha value is -1.77.